The van der Waals surface area contributed by atoms with Crippen molar-refractivity contribution in [1.29, 1.82) is 0 Å². The summed E-state index contributed by atoms with van der Waals surface area (Å²) in [7, 11) is -1.67. The van der Waals surface area contributed by atoms with Crippen LogP contribution >= 0.6 is 128 Å². The van der Waals surface area contributed by atoms with Gasteiger partial charge in [0.15, 0.2) is 5.78 Å². The lowest BCUT2D eigenvalue weighted by Crippen LogP contribution is -2.60. The Morgan fingerprint density at radius 1 is 0.649 bits per heavy atom. The number of anilines is 2. The number of carbonyl (C=O) groups is 4. The van der Waals surface area contributed by atoms with Crippen LogP contribution in [0.1, 0.15) is 115 Å². The number of Topliss-reactive ketones (excluding diaryl/α,β-unsaturated/α-hetero) is 1. The van der Waals surface area contributed by atoms with E-state index in [0.29, 0.717) is 18.5 Å². The standard InChI is InChI=1S/C20H21ClFN5O3S2.C16H16BrClFN3O3S2.C10H17BN2O2.C7H7BrOS.C4H3BrS.C3H5ClO.2CH4/c1-11-18(17-7-6-16(31-17)12-9-23-26(2)10-12)25-32(29,30)27(3)19(11)20(28)24-13-4-5-15(22)14(21)8-13;1-8-14(12-5-6-13(17)26-12)21-27(24,25)22(2)15(8)16(23)20-9-3-4-11(19)10(18)7-9;1-9(2)10(3,4)15-11(14-9)8-6-12-13(5)7-8;1-2-5(9)6-3-4-7(8)10-6;5-4-2-1-3-6-4;1-2-3(4)5;;/h4-11,18-19,25H,1-3H3,(H,24,28);3-8,14-15,21H,1-2H3,(H,20,23);6-7H,1-5H3;3-4H,2H2,1H3;1-3H;2H2,1H3;2*1H4. The lowest BCUT2D eigenvalue weighted by molar-refractivity contribution is -0.122. The predicted molar refractivity (Wildman–Crippen MR) is 402 cm³/mol. The van der Waals surface area contributed by atoms with Crippen LogP contribution in [0.15, 0.2) is 126 Å². The normalized spacial score (nSPS) is 20.3. The summed E-state index contributed by atoms with van der Waals surface area (Å²) in [5.41, 5.74) is 1.90. The van der Waals surface area contributed by atoms with Crippen LogP contribution in [-0.4, -0.2) is 112 Å². The van der Waals surface area contributed by atoms with Crippen molar-refractivity contribution in [2.75, 3.05) is 24.7 Å². The number of nitrogens with one attached hydrogen (secondary N) is 4. The number of ketones is 1. The molecule has 0 radical (unpaired) electrons. The number of rotatable bonds is 11. The molecule has 3 saturated heterocycles. The highest BCUT2D eigenvalue weighted by Gasteiger charge is 2.52. The molecule has 3 fully saturated rings. The van der Waals surface area contributed by atoms with Crippen molar-refractivity contribution in [3.8, 4) is 10.4 Å². The number of likely N-dealkylation sites (N-methyl/N-ethyl adjacent to an activating group) is 2. The van der Waals surface area contributed by atoms with Crippen molar-refractivity contribution in [2.45, 2.75) is 118 Å². The number of carbonyl (C=O) groups excluding carboxylic acids is 4. The van der Waals surface area contributed by atoms with Gasteiger partial charge < -0.3 is 19.9 Å². The summed E-state index contributed by atoms with van der Waals surface area (Å²) < 4.78 is 103. The molecule has 0 spiro atoms. The first-order chi connectivity index (χ1) is 44.4. The van der Waals surface area contributed by atoms with Gasteiger partial charge in [-0.3, -0.25) is 28.5 Å². The molecule has 20 nitrogen and oxygen atoms in total. The van der Waals surface area contributed by atoms with Gasteiger partial charge in [-0.15, -0.1) is 45.3 Å². The van der Waals surface area contributed by atoms with Gasteiger partial charge >= 0.3 is 7.12 Å². The largest absolute Gasteiger partial charge is 0.498 e. The molecule has 6 atom stereocenters. The van der Waals surface area contributed by atoms with Crippen molar-refractivity contribution in [3.05, 3.63) is 163 Å². The fourth-order valence-electron chi connectivity index (χ4n) is 9.21. The van der Waals surface area contributed by atoms with Crippen LogP contribution in [0.25, 0.3) is 10.4 Å². The molecule has 8 aromatic rings. The van der Waals surface area contributed by atoms with E-state index in [2.05, 4.69) is 78.1 Å². The van der Waals surface area contributed by atoms with E-state index in [9.17, 15) is 44.8 Å². The molecule has 0 saturated carbocycles. The smallest absolute Gasteiger partial charge is 0.399 e. The number of nitrogens with zero attached hydrogens (tertiary/aromatic N) is 6. The van der Waals surface area contributed by atoms with Crippen molar-refractivity contribution in [2.24, 2.45) is 25.9 Å². The molecule has 97 heavy (non-hydrogen) atoms. The van der Waals surface area contributed by atoms with E-state index in [0.717, 1.165) is 58.9 Å². The Morgan fingerprint density at radius 2 is 1.10 bits per heavy atom. The van der Waals surface area contributed by atoms with E-state index in [1.807, 2.05) is 122 Å². The van der Waals surface area contributed by atoms with Gasteiger partial charge in [-0.05, 0) is 171 Å². The minimum Gasteiger partial charge on any atom is -0.399 e. The predicted octanol–water partition coefficient (Wildman–Crippen LogP) is 15.9. The maximum absolute atomic E-state index is 13.4. The molecule has 0 bridgehead atoms. The molecule has 3 aliphatic rings. The minimum atomic E-state index is -3.92. The summed E-state index contributed by atoms with van der Waals surface area (Å²) in [6.07, 6.45) is 8.34. The summed E-state index contributed by atoms with van der Waals surface area (Å²) >= 11 is 32.4. The summed E-state index contributed by atoms with van der Waals surface area (Å²) in [4.78, 5) is 49.9. The third-order valence-corrected chi connectivity index (χ3v) is 25.0. The van der Waals surface area contributed by atoms with Gasteiger partial charge in [0.05, 0.1) is 55.8 Å². The van der Waals surface area contributed by atoms with E-state index in [4.69, 9.17) is 44.1 Å². The van der Waals surface area contributed by atoms with E-state index < -0.39 is 74.0 Å². The molecule has 35 heteroatoms. The Kier molecular flexibility index (Phi) is 32.6. The topological polar surface area (TPSA) is 245 Å². The van der Waals surface area contributed by atoms with E-state index >= 15 is 0 Å². The van der Waals surface area contributed by atoms with Crippen LogP contribution in [0.4, 0.5) is 20.2 Å². The van der Waals surface area contributed by atoms with E-state index in [-0.39, 0.29) is 65.9 Å². The molecule has 9 heterocycles. The van der Waals surface area contributed by atoms with E-state index in [1.54, 1.807) is 46.9 Å². The zero-order chi connectivity index (χ0) is 70.7. The van der Waals surface area contributed by atoms with Crippen LogP contribution in [0.5, 0.6) is 0 Å². The molecule has 6 unspecified atom stereocenters. The summed E-state index contributed by atoms with van der Waals surface area (Å²) in [6.45, 7) is 15.4. The molecular weight excluding hydrogens is 1630 g/mol. The van der Waals surface area contributed by atoms with Crippen molar-refractivity contribution < 1.29 is 54.1 Å². The van der Waals surface area contributed by atoms with Crippen LogP contribution in [-0.2, 0) is 58.2 Å². The molecule has 2 amide bonds. The van der Waals surface area contributed by atoms with Crippen LogP contribution in [0.2, 0.25) is 10.0 Å². The summed E-state index contributed by atoms with van der Waals surface area (Å²) in [5.74, 6) is -2.80. The minimum absolute atomic E-state index is 0. The van der Waals surface area contributed by atoms with Gasteiger partial charge in [-0.2, -0.15) is 45.1 Å². The van der Waals surface area contributed by atoms with Gasteiger partial charge in [-0.1, -0.05) is 71.8 Å². The Balaban J connectivity index is 0.000000274. The molecule has 11 rings (SSSR count). The van der Waals surface area contributed by atoms with E-state index in [1.165, 1.54) is 76.2 Å². The summed E-state index contributed by atoms with van der Waals surface area (Å²) in [6, 6.07) is 19.7. The third kappa shape index (κ3) is 23.2. The molecule has 2 aromatic carbocycles. The van der Waals surface area contributed by atoms with Crippen LogP contribution in [0.3, 0.4) is 0 Å². The first kappa shape index (κ1) is 85.2. The Labute approximate surface area is 623 Å². The highest BCUT2D eigenvalue weighted by atomic mass is 79.9. The number of amides is 2. The number of aromatic nitrogens is 4. The lowest BCUT2D eigenvalue weighted by Gasteiger charge is -2.40. The SMILES string of the molecule is Brc1cccs1.C.C.CC1C(c2ccc(-c3cnn(C)c3)s2)NS(=O)(=O)N(C)C1C(=O)Nc1ccc(F)c(Cl)c1.CC1C(c2ccc(Br)s2)NS(=O)(=O)N(C)C1C(=O)Nc1ccc(F)c(Cl)c1.CCC(=O)Cl.CCC(=O)c1ccc(Br)s1.Cn1cc(B2OC(C)(C)C(C)(C)O2)cn1. The number of aryl methyl sites for hydroxylation is 2. The molecular formula is C62H77BBr3Cl3F2N10O10S6. The monoisotopic (exact) mass is 1700 g/mol. The van der Waals surface area contributed by atoms with Crippen LogP contribution < -0.4 is 25.5 Å². The number of halogens is 8. The third-order valence-electron chi connectivity index (χ3n) is 15.1. The number of hydrogen-bond donors (Lipinski definition) is 4. The second-order valence-electron chi connectivity index (χ2n) is 22.4. The maximum atomic E-state index is 13.4. The molecule has 530 valence electrons. The fourth-order valence-corrected chi connectivity index (χ4v) is 17.6. The zero-order valence-electron chi connectivity index (χ0n) is 53.2. The highest BCUT2D eigenvalue weighted by molar-refractivity contribution is 9.11. The Morgan fingerprint density at radius 3 is 1.46 bits per heavy atom. The molecule has 3 aliphatic heterocycles. The second-order valence-corrected chi connectivity index (χ2v) is 35.5. The van der Waals surface area contributed by atoms with Gasteiger partial charge in [0.2, 0.25) is 17.1 Å². The van der Waals surface area contributed by atoms with Crippen LogP contribution in [0, 0.1) is 23.5 Å². The van der Waals surface area contributed by atoms with Gasteiger partial charge in [0.1, 0.15) is 23.7 Å². The maximum Gasteiger partial charge on any atom is 0.498 e. The summed E-state index contributed by atoms with van der Waals surface area (Å²) in [5, 5.41) is 15.1. The fraction of sp³-hybridized carbons (Fsp3) is 0.387. The molecule has 6 aromatic heterocycles. The molecule has 0 aliphatic carbocycles. The number of benzene rings is 2. The highest BCUT2D eigenvalue weighted by Crippen LogP contribution is 2.41. The number of hydrogen-bond acceptors (Lipinski definition) is 16. The average molecular weight is 1710 g/mol. The van der Waals surface area contributed by atoms with Gasteiger partial charge in [0.25, 0.3) is 20.4 Å². The first-order valence-electron chi connectivity index (χ1n) is 28.7. The first-order valence-corrected chi connectivity index (χ1v) is 38.5. The Bertz CT molecular complexity index is 4170. The lowest BCUT2D eigenvalue weighted by atomic mass is 9.82. The van der Waals surface area contributed by atoms with Gasteiger partial charge in [0, 0.05) is 108 Å². The average Bonchev–Trinajstić information content (AvgIpc) is 1.31. The van der Waals surface area contributed by atoms with Crippen molar-refractivity contribution >= 4 is 195 Å². The Hall–Kier alpha value is -4.17. The van der Waals surface area contributed by atoms with Gasteiger partial charge in [-0.25, -0.2) is 8.78 Å². The molecule has 4 N–H and O–H groups in total. The number of thiophene rings is 4. The quantitative estimate of drug-likeness (QED) is 0.0537. The zero-order valence-corrected chi connectivity index (χ0v) is 65.1. The van der Waals surface area contributed by atoms with Crippen molar-refractivity contribution in [1.82, 2.24) is 37.6 Å². The second kappa shape index (κ2) is 37.1. The van der Waals surface area contributed by atoms with Crippen molar-refractivity contribution in [3.63, 3.8) is 0 Å².